The van der Waals surface area contributed by atoms with Crippen LogP contribution in [0.2, 0.25) is 0 Å². The molecule has 6 heteroatoms. The molecule has 0 saturated carbocycles. The molecule has 0 aliphatic carbocycles. The van der Waals surface area contributed by atoms with Crippen LogP contribution in [0.1, 0.15) is 18.1 Å². The minimum atomic E-state index is -0.762. The molecule has 0 aliphatic heterocycles. The molecule has 5 nitrogen and oxygen atoms in total. The van der Waals surface area contributed by atoms with Crippen molar-refractivity contribution in [1.82, 2.24) is 0 Å². The van der Waals surface area contributed by atoms with E-state index < -0.39 is 6.04 Å². The van der Waals surface area contributed by atoms with E-state index in [1.807, 2.05) is 38.1 Å². The van der Waals surface area contributed by atoms with Crippen molar-refractivity contribution >= 4 is 41.1 Å². The topological polar surface area (TPSA) is 57.7 Å². The van der Waals surface area contributed by atoms with Gasteiger partial charge in [0, 0.05) is 5.69 Å². The first kappa shape index (κ1) is 20.6. The Bertz CT molecular complexity index is 803. The summed E-state index contributed by atoms with van der Waals surface area (Å²) >= 11 is 5.81. The maximum absolute atomic E-state index is 12.9. The number of aryl methyl sites for hydroxylation is 2. The lowest BCUT2D eigenvalue weighted by atomic mass is 10.0. The number of rotatable bonds is 8. The molecule has 0 bridgehead atoms. The first-order valence-corrected chi connectivity index (χ1v) is 9.18. The van der Waals surface area contributed by atoms with Gasteiger partial charge in [-0.25, -0.2) is 0 Å². The van der Waals surface area contributed by atoms with E-state index in [0.29, 0.717) is 17.8 Å². The number of benzene rings is 2. The predicted molar refractivity (Wildman–Crippen MR) is 108 cm³/mol. The average molecular weight is 387 g/mol. The van der Waals surface area contributed by atoms with E-state index in [-0.39, 0.29) is 24.1 Å². The van der Waals surface area contributed by atoms with Gasteiger partial charge in [0.25, 0.3) is 0 Å². The van der Waals surface area contributed by atoms with Crippen LogP contribution >= 0.6 is 11.6 Å². The van der Waals surface area contributed by atoms with Crippen LogP contribution in [-0.2, 0) is 14.4 Å². The van der Waals surface area contributed by atoms with Crippen LogP contribution in [0.25, 0.3) is 0 Å². The van der Waals surface area contributed by atoms with E-state index in [1.54, 1.807) is 31.2 Å². The van der Waals surface area contributed by atoms with Crippen molar-refractivity contribution in [1.29, 1.82) is 0 Å². The number of amides is 2. The standard InChI is InChI=1S/C21H23ClN2O3/c1-15-8-7-9-16(2)21(15)24(20(27)12-22)17(3)19(26)13-23(14-25)18-10-5-4-6-11-18/h4-11,14,17H,12-13H2,1-3H3. The third-order valence-electron chi connectivity index (χ3n) is 4.46. The van der Waals surface area contributed by atoms with Gasteiger partial charge in [0.15, 0.2) is 5.78 Å². The Labute approximate surface area is 164 Å². The van der Waals surface area contributed by atoms with Crippen LogP contribution in [-0.4, -0.2) is 36.6 Å². The van der Waals surface area contributed by atoms with Crippen LogP contribution in [0, 0.1) is 13.8 Å². The Morgan fingerprint density at radius 2 is 1.63 bits per heavy atom. The molecule has 0 aliphatic rings. The van der Waals surface area contributed by atoms with Crippen molar-refractivity contribution in [3.8, 4) is 0 Å². The highest BCUT2D eigenvalue weighted by atomic mass is 35.5. The molecule has 2 rings (SSSR count). The summed E-state index contributed by atoms with van der Waals surface area (Å²) in [6.45, 7) is 5.30. The number of halogens is 1. The number of ketones is 1. The number of alkyl halides is 1. The number of hydrogen-bond acceptors (Lipinski definition) is 3. The van der Waals surface area contributed by atoms with Crippen molar-refractivity contribution in [2.24, 2.45) is 0 Å². The monoisotopic (exact) mass is 386 g/mol. The second kappa shape index (κ2) is 9.33. The number of carbonyl (C=O) groups is 3. The molecule has 1 unspecified atom stereocenters. The summed E-state index contributed by atoms with van der Waals surface area (Å²) in [5.41, 5.74) is 3.06. The Morgan fingerprint density at radius 1 is 1.04 bits per heavy atom. The molecule has 0 saturated heterocycles. The number of carbonyl (C=O) groups excluding carboxylic acids is 3. The maximum Gasteiger partial charge on any atom is 0.242 e. The molecule has 2 aromatic carbocycles. The van der Waals surface area contributed by atoms with Gasteiger partial charge in [0.1, 0.15) is 5.88 Å². The van der Waals surface area contributed by atoms with E-state index in [9.17, 15) is 14.4 Å². The predicted octanol–water partition coefficient (Wildman–Crippen LogP) is 3.50. The molecular weight excluding hydrogens is 364 g/mol. The zero-order valence-electron chi connectivity index (χ0n) is 15.7. The molecule has 27 heavy (non-hydrogen) atoms. The second-order valence-electron chi connectivity index (χ2n) is 6.35. The molecule has 1 atom stereocenters. The molecular formula is C21H23ClN2O3. The maximum atomic E-state index is 12.9. The van der Waals surface area contributed by atoms with Crippen molar-refractivity contribution < 1.29 is 14.4 Å². The second-order valence-corrected chi connectivity index (χ2v) is 6.62. The lowest BCUT2D eigenvalue weighted by Crippen LogP contribution is -2.48. The van der Waals surface area contributed by atoms with Gasteiger partial charge in [-0.15, -0.1) is 11.6 Å². The van der Waals surface area contributed by atoms with Crippen LogP contribution in [0.4, 0.5) is 11.4 Å². The number of Topliss-reactive ketones (excluding diaryl/α,β-unsaturated/α-hetero) is 1. The average Bonchev–Trinajstić information content (AvgIpc) is 2.68. The Kier molecular flexibility index (Phi) is 7.13. The third kappa shape index (κ3) is 4.74. The lowest BCUT2D eigenvalue weighted by Gasteiger charge is -2.31. The molecule has 0 radical (unpaired) electrons. The molecule has 0 N–H and O–H groups in total. The number of hydrogen-bond donors (Lipinski definition) is 0. The highest BCUT2D eigenvalue weighted by Gasteiger charge is 2.29. The van der Waals surface area contributed by atoms with E-state index in [0.717, 1.165) is 11.1 Å². The summed E-state index contributed by atoms with van der Waals surface area (Å²) in [4.78, 5) is 39.7. The van der Waals surface area contributed by atoms with Crippen LogP contribution in [0.15, 0.2) is 48.5 Å². The molecule has 0 aromatic heterocycles. The SMILES string of the molecule is Cc1cccc(C)c1N(C(=O)CCl)C(C)C(=O)CN(C=O)c1ccccc1. The molecule has 0 spiro atoms. The molecule has 2 amide bonds. The smallest absolute Gasteiger partial charge is 0.242 e. The zero-order valence-corrected chi connectivity index (χ0v) is 16.4. The fourth-order valence-electron chi connectivity index (χ4n) is 3.04. The van der Waals surface area contributed by atoms with E-state index in [1.165, 1.54) is 9.80 Å². The van der Waals surface area contributed by atoms with E-state index in [4.69, 9.17) is 11.6 Å². The van der Waals surface area contributed by atoms with Crippen molar-refractivity contribution in [3.63, 3.8) is 0 Å². The van der Waals surface area contributed by atoms with E-state index in [2.05, 4.69) is 0 Å². The Balaban J connectivity index is 2.32. The number of nitrogens with zero attached hydrogens (tertiary/aromatic N) is 2. The Morgan fingerprint density at radius 3 is 2.15 bits per heavy atom. The summed E-state index contributed by atoms with van der Waals surface area (Å²) in [5.74, 6) is -0.846. The fourth-order valence-corrected chi connectivity index (χ4v) is 3.17. The summed E-state index contributed by atoms with van der Waals surface area (Å²) in [5, 5.41) is 0. The van der Waals surface area contributed by atoms with Crippen LogP contribution < -0.4 is 9.80 Å². The lowest BCUT2D eigenvalue weighted by molar-refractivity contribution is -0.123. The summed E-state index contributed by atoms with van der Waals surface area (Å²) in [6.07, 6.45) is 0.618. The fraction of sp³-hybridized carbons (Fsp3) is 0.286. The van der Waals surface area contributed by atoms with Gasteiger partial charge in [0.2, 0.25) is 12.3 Å². The van der Waals surface area contributed by atoms with Crippen molar-refractivity contribution in [2.75, 3.05) is 22.2 Å². The zero-order chi connectivity index (χ0) is 20.0. The summed E-state index contributed by atoms with van der Waals surface area (Å²) in [7, 11) is 0. The number of anilines is 2. The largest absolute Gasteiger partial charge is 0.307 e. The van der Waals surface area contributed by atoms with Gasteiger partial charge in [-0.3, -0.25) is 14.4 Å². The normalized spacial score (nSPS) is 11.6. The third-order valence-corrected chi connectivity index (χ3v) is 4.69. The van der Waals surface area contributed by atoms with Gasteiger partial charge >= 0.3 is 0 Å². The summed E-state index contributed by atoms with van der Waals surface area (Å²) in [6, 6.07) is 13.8. The van der Waals surface area contributed by atoms with Gasteiger partial charge in [-0.1, -0.05) is 36.4 Å². The minimum Gasteiger partial charge on any atom is -0.307 e. The van der Waals surface area contributed by atoms with E-state index >= 15 is 0 Å². The highest BCUT2D eigenvalue weighted by molar-refractivity contribution is 6.30. The number of para-hydroxylation sites is 2. The van der Waals surface area contributed by atoms with Crippen molar-refractivity contribution in [2.45, 2.75) is 26.8 Å². The summed E-state index contributed by atoms with van der Waals surface area (Å²) < 4.78 is 0. The van der Waals surface area contributed by atoms with Gasteiger partial charge < -0.3 is 9.80 Å². The van der Waals surface area contributed by atoms with Gasteiger partial charge in [-0.05, 0) is 44.0 Å². The van der Waals surface area contributed by atoms with Gasteiger partial charge in [-0.2, -0.15) is 0 Å². The van der Waals surface area contributed by atoms with Crippen molar-refractivity contribution in [3.05, 3.63) is 59.7 Å². The molecule has 0 fully saturated rings. The van der Waals surface area contributed by atoms with Gasteiger partial charge in [0.05, 0.1) is 18.3 Å². The van der Waals surface area contributed by atoms with Crippen LogP contribution in [0.5, 0.6) is 0 Å². The minimum absolute atomic E-state index is 0.133. The highest BCUT2D eigenvalue weighted by Crippen LogP contribution is 2.27. The molecule has 2 aromatic rings. The first-order valence-electron chi connectivity index (χ1n) is 8.64. The quantitative estimate of drug-likeness (QED) is 0.515. The van der Waals surface area contributed by atoms with Crippen LogP contribution in [0.3, 0.4) is 0 Å². The first-order chi connectivity index (χ1) is 12.9. The molecule has 142 valence electrons. The Hall–Kier alpha value is -2.66. The molecule has 0 heterocycles.